The minimum Gasteiger partial charge on any atom is -0.463 e. The number of thiophene rings is 1. The Morgan fingerprint density at radius 1 is 0.926 bits per heavy atom. The fraction of sp³-hybridized carbons (Fsp3) is 0.130. The molecule has 0 saturated carbocycles. The third-order valence-electron chi connectivity index (χ3n) is 4.79. The molecule has 3 heterocycles. The van der Waals surface area contributed by atoms with E-state index < -0.39 is 0 Å². The van der Waals surface area contributed by atoms with Gasteiger partial charge in [0.1, 0.15) is 4.83 Å². The quantitative estimate of drug-likeness (QED) is 0.426. The Bertz CT molecular complexity index is 1160. The third-order valence-corrected chi connectivity index (χ3v) is 5.91. The number of hydrogen-bond acceptors (Lipinski definition) is 4. The number of hydrogen-bond donors (Lipinski definition) is 0. The monoisotopic (exact) mass is 370 g/mol. The number of aryl methyl sites for hydroxylation is 2. The van der Waals surface area contributed by atoms with E-state index >= 15 is 0 Å². The Balaban J connectivity index is 1.78. The Hall–Kier alpha value is -2.98. The van der Waals surface area contributed by atoms with Gasteiger partial charge in [0.15, 0.2) is 6.10 Å². The standard InChI is InChI=1S/C23H18N2OS/c1-14-13-15(2)24-23-18(14)19-21(27-23)20(16-9-5-3-6-10-16)26-22(25-19)17-11-7-4-8-12-17/h3-13,20H,1-2H3. The molecule has 0 aliphatic carbocycles. The highest BCUT2D eigenvalue weighted by molar-refractivity contribution is 7.19. The van der Waals surface area contributed by atoms with E-state index in [1.54, 1.807) is 11.3 Å². The van der Waals surface area contributed by atoms with Crippen molar-refractivity contribution in [1.82, 2.24) is 4.98 Å². The molecule has 1 aliphatic rings. The largest absolute Gasteiger partial charge is 0.463 e. The van der Waals surface area contributed by atoms with Gasteiger partial charge in [-0.15, -0.1) is 11.3 Å². The molecule has 0 N–H and O–H groups in total. The first kappa shape index (κ1) is 16.2. The highest BCUT2D eigenvalue weighted by Crippen LogP contribution is 2.48. The number of aromatic nitrogens is 1. The molecular formula is C23H18N2OS. The Kier molecular flexibility index (Phi) is 3.80. The number of aliphatic imine (C=N–C) groups is 1. The number of ether oxygens (including phenoxy) is 1. The summed E-state index contributed by atoms with van der Waals surface area (Å²) in [6.07, 6.45) is -0.173. The molecule has 1 aliphatic heterocycles. The summed E-state index contributed by atoms with van der Waals surface area (Å²) in [5.41, 5.74) is 5.35. The van der Waals surface area contributed by atoms with Crippen LogP contribution in [0, 0.1) is 13.8 Å². The average Bonchev–Trinajstić information content (AvgIpc) is 3.07. The summed E-state index contributed by atoms with van der Waals surface area (Å²) in [5.74, 6) is 0.664. The lowest BCUT2D eigenvalue weighted by atomic mass is 10.0. The molecule has 0 bridgehead atoms. The van der Waals surface area contributed by atoms with Crippen molar-refractivity contribution in [2.45, 2.75) is 20.0 Å². The zero-order valence-electron chi connectivity index (χ0n) is 15.1. The van der Waals surface area contributed by atoms with Gasteiger partial charge in [-0.1, -0.05) is 48.5 Å². The molecule has 1 unspecified atom stereocenters. The molecule has 0 spiro atoms. The van der Waals surface area contributed by atoms with Gasteiger partial charge in [-0.25, -0.2) is 9.98 Å². The van der Waals surface area contributed by atoms with Crippen LogP contribution in [-0.2, 0) is 4.74 Å². The lowest BCUT2D eigenvalue weighted by molar-refractivity contribution is 0.233. The summed E-state index contributed by atoms with van der Waals surface area (Å²) in [6, 6.07) is 22.6. The molecule has 2 aromatic heterocycles. The molecule has 2 aromatic carbocycles. The number of fused-ring (bicyclic) bond motifs is 3. The zero-order chi connectivity index (χ0) is 18.4. The molecule has 0 amide bonds. The SMILES string of the molecule is Cc1cc(C)c2c3c(sc2n1)C(c1ccccc1)OC(c1ccccc1)=N3. The highest BCUT2D eigenvalue weighted by atomic mass is 32.1. The molecule has 5 rings (SSSR count). The van der Waals surface area contributed by atoms with Crippen LogP contribution in [0.25, 0.3) is 10.2 Å². The van der Waals surface area contributed by atoms with Crippen LogP contribution in [0.3, 0.4) is 0 Å². The summed E-state index contributed by atoms with van der Waals surface area (Å²) in [7, 11) is 0. The van der Waals surface area contributed by atoms with Gasteiger partial charge in [0, 0.05) is 16.6 Å². The van der Waals surface area contributed by atoms with Gasteiger partial charge in [0.25, 0.3) is 0 Å². The number of nitrogens with zero attached hydrogens (tertiary/aromatic N) is 2. The van der Waals surface area contributed by atoms with E-state index in [9.17, 15) is 0 Å². The molecular weight excluding hydrogens is 352 g/mol. The first-order valence-corrected chi connectivity index (χ1v) is 9.79. The molecule has 0 radical (unpaired) electrons. The van der Waals surface area contributed by atoms with Crippen molar-refractivity contribution < 1.29 is 4.74 Å². The Morgan fingerprint density at radius 3 is 2.37 bits per heavy atom. The Morgan fingerprint density at radius 2 is 1.63 bits per heavy atom. The molecule has 27 heavy (non-hydrogen) atoms. The summed E-state index contributed by atoms with van der Waals surface area (Å²) in [6.45, 7) is 4.17. The second-order valence-electron chi connectivity index (χ2n) is 6.77. The summed E-state index contributed by atoms with van der Waals surface area (Å²) >= 11 is 1.69. The lowest BCUT2D eigenvalue weighted by Gasteiger charge is -2.24. The molecule has 132 valence electrons. The van der Waals surface area contributed by atoms with Crippen LogP contribution in [0.2, 0.25) is 0 Å². The first-order chi connectivity index (χ1) is 13.2. The van der Waals surface area contributed by atoms with Gasteiger partial charge < -0.3 is 4.74 Å². The van der Waals surface area contributed by atoms with E-state index in [2.05, 4.69) is 25.1 Å². The maximum atomic E-state index is 6.42. The van der Waals surface area contributed by atoms with Crippen molar-refractivity contribution in [1.29, 1.82) is 0 Å². The van der Waals surface area contributed by atoms with Crippen LogP contribution >= 0.6 is 11.3 Å². The fourth-order valence-electron chi connectivity index (χ4n) is 3.58. The van der Waals surface area contributed by atoms with Crippen molar-refractivity contribution in [2.75, 3.05) is 0 Å². The van der Waals surface area contributed by atoms with E-state index in [-0.39, 0.29) is 6.10 Å². The van der Waals surface area contributed by atoms with E-state index in [0.29, 0.717) is 5.90 Å². The van der Waals surface area contributed by atoms with Crippen LogP contribution in [0.1, 0.15) is 33.4 Å². The second-order valence-corrected chi connectivity index (χ2v) is 7.80. The van der Waals surface area contributed by atoms with Gasteiger partial charge in [-0.05, 0) is 43.2 Å². The first-order valence-electron chi connectivity index (χ1n) is 8.97. The van der Waals surface area contributed by atoms with Crippen molar-refractivity contribution in [3.05, 3.63) is 94.0 Å². The van der Waals surface area contributed by atoms with Crippen molar-refractivity contribution in [3.8, 4) is 0 Å². The molecule has 4 aromatic rings. The highest BCUT2D eigenvalue weighted by Gasteiger charge is 2.31. The van der Waals surface area contributed by atoms with E-state index in [0.717, 1.165) is 37.6 Å². The lowest BCUT2D eigenvalue weighted by Crippen LogP contribution is -2.16. The van der Waals surface area contributed by atoms with Crippen LogP contribution < -0.4 is 0 Å². The van der Waals surface area contributed by atoms with Gasteiger partial charge in [-0.2, -0.15) is 0 Å². The summed E-state index contributed by atoms with van der Waals surface area (Å²) < 4.78 is 6.42. The predicted molar refractivity (Wildman–Crippen MR) is 111 cm³/mol. The molecule has 0 saturated heterocycles. The number of rotatable bonds is 2. The maximum absolute atomic E-state index is 6.42. The van der Waals surface area contributed by atoms with Crippen LogP contribution in [-0.4, -0.2) is 10.9 Å². The molecule has 1 atom stereocenters. The van der Waals surface area contributed by atoms with E-state index in [4.69, 9.17) is 14.7 Å². The van der Waals surface area contributed by atoms with Gasteiger partial charge >= 0.3 is 0 Å². The maximum Gasteiger partial charge on any atom is 0.222 e. The fourth-order valence-corrected chi connectivity index (χ4v) is 4.88. The minimum absolute atomic E-state index is 0.173. The molecule has 3 nitrogen and oxygen atoms in total. The van der Waals surface area contributed by atoms with Crippen molar-refractivity contribution in [2.24, 2.45) is 4.99 Å². The van der Waals surface area contributed by atoms with Crippen LogP contribution in [0.5, 0.6) is 0 Å². The summed E-state index contributed by atoms with van der Waals surface area (Å²) in [5, 5.41) is 1.14. The van der Waals surface area contributed by atoms with Crippen LogP contribution in [0.4, 0.5) is 5.69 Å². The number of pyridine rings is 1. The molecule has 0 fully saturated rings. The zero-order valence-corrected chi connectivity index (χ0v) is 16.0. The molecule has 4 heteroatoms. The minimum atomic E-state index is -0.173. The van der Waals surface area contributed by atoms with Crippen LogP contribution in [0.15, 0.2) is 71.7 Å². The average molecular weight is 370 g/mol. The smallest absolute Gasteiger partial charge is 0.222 e. The topological polar surface area (TPSA) is 34.5 Å². The normalized spacial score (nSPS) is 15.9. The predicted octanol–water partition coefficient (Wildman–Crippen LogP) is 6.11. The van der Waals surface area contributed by atoms with E-state index in [1.165, 1.54) is 5.56 Å². The van der Waals surface area contributed by atoms with Crippen molar-refractivity contribution in [3.63, 3.8) is 0 Å². The Labute approximate surface area is 162 Å². The number of benzene rings is 2. The second kappa shape index (κ2) is 6.32. The third kappa shape index (κ3) is 2.73. The van der Waals surface area contributed by atoms with Gasteiger partial charge in [-0.3, -0.25) is 0 Å². The summed E-state index contributed by atoms with van der Waals surface area (Å²) in [4.78, 5) is 11.8. The van der Waals surface area contributed by atoms with E-state index in [1.807, 2.05) is 55.5 Å². The van der Waals surface area contributed by atoms with Gasteiger partial charge in [0.2, 0.25) is 5.90 Å². The van der Waals surface area contributed by atoms with Gasteiger partial charge in [0.05, 0.1) is 10.6 Å². The van der Waals surface area contributed by atoms with Crippen molar-refractivity contribution >= 4 is 33.1 Å².